The summed E-state index contributed by atoms with van der Waals surface area (Å²) >= 11 is 0. The second-order valence-electron chi connectivity index (χ2n) is 5.77. The number of rotatable bonds is 5. The molecule has 0 radical (unpaired) electrons. The number of benzene rings is 1. The molecule has 2 unspecified atom stereocenters. The van der Waals surface area contributed by atoms with Gasteiger partial charge in [0, 0.05) is 18.3 Å². The maximum Gasteiger partial charge on any atom is 0.339 e. The van der Waals surface area contributed by atoms with Gasteiger partial charge in [0.2, 0.25) is 0 Å². The fraction of sp³-hybridized carbons (Fsp3) is 0.588. The fourth-order valence-corrected chi connectivity index (χ4v) is 3.05. The fourth-order valence-electron chi connectivity index (χ4n) is 3.05. The van der Waals surface area contributed by atoms with Gasteiger partial charge in [0.25, 0.3) is 0 Å². The number of piperidine rings is 1. The first-order valence-corrected chi connectivity index (χ1v) is 7.82. The van der Waals surface area contributed by atoms with Crippen LogP contribution in [0.5, 0.6) is 0 Å². The van der Waals surface area contributed by atoms with Crippen molar-refractivity contribution in [2.24, 2.45) is 5.92 Å². The summed E-state index contributed by atoms with van der Waals surface area (Å²) in [6.45, 7) is 7.87. The van der Waals surface area contributed by atoms with Crippen LogP contribution in [0.1, 0.15) is 37.0 Å². The van der Waals surface area contributed by atoms with E-state index in [1.165, 1.54) is 26.5 Å². The second-order valence-corrected chi connectivity index (χ2v) is 5.77. The Morgan fingerprint density at radius 3 is 2.95 bits per heavy atom. The van der Waals surface area contributed by atoms with Crippen LogP contribution in [0.2, 0.25) is 0 Å². The van der Waals surface area contributed by atoms with Gasteiger partial charge in [-0.2, -0.15) is 0 Å². The smallest absolute Gasteiger partial charge is 0.339 e. The van der Waals surface area contributed by atoms with Crippen LogP contribution in [0.15, 0.2) is 24.3 Å². The molecular weight excluding hydrogens is 264 g/mol. The molecule has 1 aliphatic heterocycles. The molecule has 1 fully saturated rings. The number of anilines is 1. The van der Waals surface area contributed by atoms with Crippen LogP contribution in [-0.4, -0.2) is 43.7 Å². The first-order valence-electron chi connectivity index (χ1n) is 7.82. The van der Waals surface area contributed by atoms with Gasteiger partial charge in [-0.05, 0) is 50.9 Å². The summed E-state index contributed by atoms with van der Waals surface area (Å²) in [4.78, 5) is 14.3. The van der Waals surface area contributed by atoms with Crippen molar-refractivity contribution in [1.82, 2.24) is 4.90 Å². The van der Waals surface area contributed by atoms with E-state index < -0.39 is 0 Å². The summed E-state index contributed by atoms with van der Waals surface area (Å²) in [7, 11) is 1.42. The molecule has 0 aliphatic carbocycles. The third kappa shape index (κ3) is 3.97. The highest BCUT2D eigenvalue weighted by molar-refractivity contribution is 5.95. The average molecular weight is 290 g/mol. The van der Waals surface area contributed by atoms with Crippen LogP contribution in [0.4, 0.5) is 5.69 Å². The number of ether oxygens (including phenoxy) is 1. The van der Waals surface area contributed by atoms with Crippen molar-refractivity contribution in [3.63, 3.8) is 0 Å². The molecule has 1 aromatic rings. The van der Waals surface area contributed by atoms with Crippen molar-refractivity contribution in [3.05, 3.63) is 29.8 Å². The van der Waals surface area contributed by atoms with E-state index in [2.05, 4.69) is 24.1 Å². The number of nitrogens with one attached hydrogen (secondary N) is 1. The molecule has 1 heterocycles. The number of carbonyl (C=O) groups is 1. The van der Waals surface area contributed by atoms with Crippen molar-refractivity contribution in [1.29, 1.82) is 0 Å². The summed E-state index contributed by atoms with van der Waals surface area (Å²) in [5.74, 6) is 0.327. The molecule has 1 saturated heterocycles. The SMILES string of the molecule is CCN1CCCC(C(C)Nc2ccccc2C(=O)OC)C1. The molecule has 2 atom stereocenters. The molecule has 0 bridgehead atoms. The summed E-state index contributed by atoms with van der Waals surface area (Å²) in [6, 6.07) is 7.90. The maximum absolute atomic E-state index is 11.8. The normalized spacial score (nSPS) is 20.8. The molecule has 0 spiro atoms. The Kier molecular flexibility index (Phi) is 5.62. The predicted molar refractivity (Wildman–Crippen MR) is 85.7 cm³/mol. The molecule has 0 saturated carbocycles. The average Bonchev–Trinajstić information content (AvgIpc) is 2.54. The van der Waals surface area contributed by atoms with Crippen molar-refractivity contribution >= 4 is 11.7 Å². The number of esters is 1. The highest BCUT2D eigenvalue weighted by Crippen LogP contribution is 2.24. The molecule has 1 aromatic carbocycles. The second kappa shape index (κ2) is 7.46. The minimum Gasteiger partial charge on any atom is -0.465 e. The topological polar surface area (TPSA) is 41.6 Å². The third-order valence-electron chi connectivity index (χ3n) is 4.41. The van der Waals surface area contributed by atoms with Gasteiger partial charge in [0.05, 0.1) is 12.7 Å². The predicted octanol–water partition coefficient (Wildman–Crippen LogP) is 3.01. The Morgan fingerprint density at radius 2 is 2.24 bits per heavy atom. The molecule has 116 valence electrons. The molecule has 4 heteroatoms. The molecular formula is C17H26N2O2. The van der Waals surface area contributed by atoms with E-state index in [1.54, 1.807) is 6.07 Å². The van der Waals surface area contributed by atoms with E-state index in [0.29, 0.717) is 17.5 Å². The lowest BCUT2D eigenvalue weighted by Crippen LogP contribution is -2.41. The third-order valence-corrected chi connectivity index (χ3v) is 4.41. The number of carbonyl (C=O) groups excluding carboxylic acids is 1. The quantitative estimate of drug-likeness (QED) is 0.846. The molecule has 2 rings (SSSR count). The number of hydrogen-bond donors (Lipinski definition) is 1. The number of likely N-dealkylation sites (tertiary alicyclic amines) is 1. The van der Waals surface area contributed by atoms with Crippen molar-refractivity contribution in [3.8, 4) is 0 Å². The van der Waals surface area contributed by atoms with Crippen LogP contribution >= 0.6 is 0 Å². The largest absolute Gasteiger partial charge is 0.465 e. The minimum absolute atomic E-state index is 0.288. The minimum atomic E-state index is -0.288. The molecule has 0 amide bonds. The van der Waals surface area contributed by atoms with Crippen LogP contribution < -0.4 is 5.32 Å². The number of para-hydroxylation sites is 1. The van der Waals surface area contributed by atoms with E-state index in [-0.39, 0.29) is 5.97 Å². The maximum atomic E-state index is 11.8. The van der Waals surface area contributed by atoms with Crippen LogP contribution in [0, 0.1) is 5.92 Å². The molecule has 21 heavy (non-hydrogen) atoms. The van der Waals surface area contributed by atoms with Crippen molar-refractivity contribution in [2.45, 2.75) is 32.7 Å². The number of hydrogen-bond acceptors (Lipinski definition) is 4. The summed E-state index contributed by atoms with van der Waals surface area (Å²) in [5.41, 5.74) is 1.47. The lowest BCUT2D eigenvalue weighted by atomic mass is 9.91. The Bertz CT molecular complexity index is 476. The van der Waals surface area contributed by atoms with Gasteiger partial charge in [-0.1, -0.05) is 19.1 Å². The highest BCUT2D eigenvalue weighted by atomic mass is 16.5. The zero-order valence-electron chi connectivity index (χ0n) is 13.3. The first kappa shape index (κ1) is 15.8. The Hall–Kier alpha value is -1.55. The van der Waals surface area contributed by atoms with Gasteiger partial charge < -0.3 is 15.0 Å². The lowest BCUT2D eigenvalue weighted by molar-refractivity contribution is 0.0601. The first-order chi connectivity index (χ1) is 10.2. The standard InChI is InChI=1S/C17H26N2O2/c1-4-19-11-7-8-14(12-19)13(2)18-16-10-6-5-9-15(16)17(20)21-3/h5-6,9-10,13-14,18H,4,7-8,11-12H2,1-3H3. The van der Waals surface area contributed by atoms with Crippen molar-refractivity contribution < 1.29 is 9.53 Å². The van der Waals surface area contributed by atoms with E-state index in [4.69, 9.17) is 4.74 Å². The summed E-state index contributed by atoms with van der Waals surface area (Å²) in [6.07, 6.45) is 2.49. The number of methoxy groups -OCH3 is 1. The van der Waals surface area contributed by atoms with E-state index >= 15 is 0 Å². The van der Waals surface area contributed by atoms with Crippen LogP contribution in [-0.2, 0) is 4.74 Å². The summed E-state index contributed by atoms with van der Waals surface area (Å²) in [5, 5.41) is 3.51. The zero-order chi connectivity index (χ0) is 15.2. The van der Waals surface area contributed by atoms with Gasteiger partial charge in [0.1, 0.15) is 0 Å². The van der Waals surface area contributed by atoms with Crippen LogP contribution in [0.3, 0.4) is 0 Å². The van der Waals surface area contributed by atoms with E-state index in [1.807, 2.05) is 18.2 Å². The van der Waals surface area contributed by atoms with E-state index in [9.17, 15) is 4.79 Å². The highest BCUT2D eigenvalue weighted by Gasteiger charge is 2.24. The molecule has 1 N–H and O–H groups in total. The summed E-state index contributed by atoms with van der Waals surface area (Å²) < 4.78 is 4.85. The Labute approximate surface area is 127 Å². The van der Waals surface area contributed by atoms with Gasteiger partial charge in [-0.25, -0.2) is 4.79 Å². The zero-order valence-corrected chi connectivity index (χ0v) is 13.3. The Morgan fingerprint density at radius 1 is 1.48 bits per heavy atom. The lowest BCUT2D eigenvalue weighted by Gasteiger charge is -2.36. The molecule has 1 aliphatic rings. The number of nitrogens with zero attached hydrogens (tertiary/aromatic N) is 1. The molecule has 4 nitrogen and oxygen atoms in total. The molecule has 0 aromatic heterocycles. The van der Waals surface area contributed by atoms with E-state index in [0.717, 1.165) is 18.8 Å². The Balaban J connectivity index is 2.05. The van der Waals surface area contributed by atoms with Gasteiger partial charge in [-0.3, -0.25) is 0 Å². The van der Waals surface area contributed by atoms with Gasteiger partial charge in [0.15, 0.2) is 0 Å². The van der Waals surface area contributed by atoms with Crippen molar-refractivity contribution in [2.75, 3.05) is 32.1 Å². The van der Waals surface area contributed by atoms with Crippen LogP contribution in [0.25, 0.3) is 0 Å². The monoisotopic (exact) mass is 290 g/mol. The van der Waals surface area contributed by atoms with Gasteiger partial charge >= 0.3 is 5.97 Å². The van der Waals surface area contributed by atoms with Gasteiger partial charge in [-0.15, -0.1) is 0 Å².